The maximum atomic E-state index is 13.5. The van der Waals surface area contributed by atoms with Crippen LogP contribution in [0.4, 0.5) is 0 Å². The van der Waals surface area contributed by atoms with E-state index in [0.29, 0.717) is 28.6 Å². The summed E-state index contributed by atoms with van der Waals surface area (Å²) in [6.45, 7) is 10.3. The Morgan fingerprint density at radius 3 is 2.32 bits per heavy atom. The van der Waals surface area contributed by atoms with Gasteiger partial charge in [0.1, 0.15) is 10.8 Å². The van der Waals surface area contributed by atoms with Crippen LogP contribution in [0.15, 0.2) is 42.6 Å². The number of ether oxygens (including phenoxy) is 1. The number of fused-ring (bicyclic) bond motifs is 1. The Bertz CT molecular complexity index is 1090. The standard InChI is InChI=1S/C28H36Cl2N2O2/c1-4-7-15-31(16-8-5-2)17-11-19-34-24-14-13-23(25(29)26(24)30)28(33)27-21(6-3)20-22-12-9-10-18-32(22)27/h9-10,12-14,18,20H,4-8,11,15-17,19H2,1-3H3. The van der Waals surface area contributed by atoms with Gasteiger partial charge in [-0.3, -0.25) is 4.79 Å². The summed E-state index contributed by atoms with van der Waals surface area (Å²) in [7, 11) is 0. The quantitative estimate of drug-likeness (QED) is 0.167. The first-order chi connectivity index (χ1) is 16.5. The molecule has 0 saturated carbocycles. The summed E-state index contributed by atoms with van der Waals surface area (Å²) in [4.78, 5) is 16.0. The third-order valence-electron chi connectivity index (χ3n) is 6.18. The summed E-state index contributed by atoms with van der Waals surface area (Å²) in [5.41, 5.74) is 2.99. The van der Waals surface area contributed by atoms with Crippen LogP contribution >= 0.6 is 23.2 Å². The molecule has 0 spiro atoms. The fourth-order valence-corrected chi connectivity index (χ4v) is 4.68. The van der Waals surface area contributed by atoms with E-state index in [9.17, 15) is 4.79 Å². The number of pyridine rings is 1. The molecule has 3 rings (SSSR count). The van der Waals surface area contributed by atoms with Crippen LogP contribution in [0, 0.1) is 0 Å². The van der Waals surface area contributed by atoms with Crippen molar-refractivity contribution in [3.63, 3.8) is 0 Å². The summed E-state index contributed by atoms with van der Waals surface area (Å²) in [5.74, 6) is 0.386. The van der Waals surface area contributed by atoms with E-state index < -0.39 is 0 Å². The van der Waals surface area contributed by atoms with E-state index in [1.54, 1.807) is 12.1 Å². The van der Waals surface area contributed by atoms with Gasteiger partial charge in [0.25, 0.3) is 0 Å². The van der Waals surface area contributed by atoms with Crippen LogP contribution in [0.3, 0.4) is 0 Å². The molecule has 6 heteroatoms. The van der Waals surface area contributed by atoms with Gasteiger partial charge in [-0.25, -0.2) is 0 Å². The Balaban J connectivity index is 1.69. The Morgan fingerprint density at radius 2 is 1.65 bits per heavy atom. The molecule has 2 heterocycles. The second kappa shape index (κ2) is 13.2. The average Bonchev–Trinajstić information content (AvgIpc) is 3.23. The zero-order valence-electron chi connectivity index (χ0n) is 20.6. The molecule has 0 aliphatic carbocycles. The maximum absolute atomic E-state index is 13.5. The van der Waals surface area contributed by atoms with Crippen molar-refractivity contribution in [2.75, 3.05) is 26.2 Å². The third-order valence-corrected chi connectivity index (χ3v) is 7.04. The highest BCUT2D eigenvalue weighted by molar-refractivity contribution is 6.45. The molecule has 34 heavy (non-hydrogen) atoms. The van der Waals surface area contributed by atoms with Crippen molar-refractivity contribution in [3.05, 3.63) is 69.5 Å². The molecule has 0 fully saturated rings. The molecular weight excluding hydrogens is 467 g/mol. The van der Waals surface area contributed by atoms with Gasteiger partial charge in [-0.15, -0.1) is 0 Å². The highest BCUT2D eigenvalue weighted by atomic mass is 35.5. The average molecular weight is 504 g/mol. The highest BCUT2D eigenvalue weighted by Gasteiger charge is 2.23. The fourth-order valence-electron chi connectivity index (χ4n) is 4.22. The molecule has 0 N–H and O–H groups in total. The van der Waals surface area contributed by atoms with Crippen molar-refractivity contribution < 1.29 is 9.53 Å². The van der Waals surface area contributed by atoms with Gasteiger partial charge in [-0.2, -0.15) is 0 Å². The molecule has 0 amide bonds. The Kier molecular flexibility index (Phi) is 10.3. The van der Waals surface area contributed by atoms with Gasteiger partial charge in [0, 0.05) is 23.8 Å². The summed E-state index contributed by atoms with van der Waals surface area (Å²) in [5, 5.41) is 0.532. The van der Waals surface area contributed by atoms with E-state index >= 15 is 0 Å². The van der Waals surface area contributed by atoms with Gasteiger partial charge in [0.15, 0.2) is 0 Å². The molecule has 0 radical (unpaired) electrons. The van der Waals surface area contributed by atoms with Crippen molar-refractivity contribution in [1.82, 2.24) is 9.30 Å². The van der Waals surface area contributed by atoms with Crippen LogP contribution in [0.25, 0.3) is 5.52 Å². The highest BCUT2D eigenvalue weighted by Crippen LogP contribution is 2.36. The number of halogens is 2. The number of carbonyl (C=O) groups is 1. The Morgan fingerprint density at radius 1 is 0.941 bits per heavy atom. The molecule has 0 saturated heterocycles. The zero-order chi connectivity index (χ0) is 24.5. The Labute approximate surface area is 213 Å². The lowest BCUT2D eigenvalue weighted by Gasteiger charge is -2.22. The molecule has 184 valence electrons. The van der Waals surface area contributed by atoms with E-state index in [0.717, 1.165) is 43.6 Å². The second-order valence-corrected chi connectivity index (χ2v) is 9.44. The minimum absolute atomic E-state index is 0.135. The lowest BCUT2D eigenvalue weighted by atomic mass is 10.0. The first-order valence-electron chi connectivity index (χ1n) is 12.5. The van der Waals surface area contributed by atoms with E-state index in [2.05, 4.69) is 18.7 Å². The first kappa shape index (κ1) is 26.6. The lowest BCUT2D eigenvalue weighted by Crippen LogP contribution is -2.28. The van der Waals surface area contributed by atoms with E-state index in [-0.39, 0.29) is 10.8 Å². The van der Waals surface area contributed by atoms with Crippen LogP contribution in [-0.2, 0) is 6.42 Å². The molecule has 0 aliphatic rings. The Hall–Kier alpha value is -2.01. The minimum atomic E-state index is -0.135. The summed E-state index contributed by atoms with van der Waals surface area (Å²) >= 11 is 13.1. The number of benzene rings is 1. The van der Waals surface area contributed by atoms with Crippen LogP contribution in [0.2, 0.25) is 10.0 Å². The van der Waals surface area contributed by atoms with Crippen molar-refractivity contribution in [1.29, 1.82) is 0 Å². The SMILES string of the molecule is CCCCN(CCCC)CCCOc1ccc(C(=O)c2c(CC)cc3ccccn23)c(Cl)c1Cl. The number of aryl methyl sites for hydroxylation is 1. The smallest absolute Gasteiger partial charge is 0.211 e. The van der Waals surface area contributed by atoms with Crippen LogP contribution < -0.4 is 4.74 Å². The minimum Gasteiger partial charge on any atom is -0.492 e. The van der Waals surface area contributed by atoms with Gasteiger partial charge in [-0.1, -0.05) is 62.9 Å². The molecule has 0 unspecified atom stereocenters. The largest absolute Gasteiger partial charge is 0.492 e. The number of nitrogens with zero attached hydrogens (tertiary/aromatic N) is 2. The number of aromatic nitrogens is 1. The number of hydrogen-bond donors (Lipinski definition) is 0. The molecule has 2 aromatic heterocycles. The number of rotatable bonds is 14. The summed E-state index contributed by atoms with van der Waals surface area (Å²) < 4.78 is 7.87. The van der Waals surface area contributed by atoms with Crippen molar-refractivity contribution in [3.8, 4) is 5.75 Å². The van der Waals surface area contributed by atoms with Crippen molar-refractivity contribution >= 4 is 34.5 Å². The molecular formula is C28H36Cl2N2O2. The second-order valence-electron chi connectivity index (χ2n) is 8.69. The number of ketones is 1. The van der Waals surface area contributed by atoms with E-state index in [1.807, 2.05) is 41.8 Å². The normalized spacial score (nSPS) is 11.5. The van der Waals surface area contributed by atoms with Crippen molar-refractivity contribution in [2.45, 2.75) is 59.3 Å². The van der Waals surface area contributed by atoms with Gasteiger partial charge < -0.3 is 14.0 Å². The molecule has 1 aromatic carbocycles. The van der Waals surface area contributed by atoms with Crippen LogP contribution in [0.5, 0.6) is 5.75 Å². The molecule has 3 aromatic rings. The topological polar surface area (TPSA) is 34.0 Å². The summed E-state index contributed by atoms with van der Waals surface area (Å²) in [6, 6.07) is 11.4. The molecule has 0 aliphatic heterocycles. The van der Waals surface area contributed by atoms with Crippen LogP contribution in [0.1, 0.15) is 74.5 Å². The fraction of sp³-hybridized carbons (Fsp3) is 0.464. The number of carbonyl (C=O) groups excluding carboxylic acids is 1. The molecule has 0 atom stereocenters. The zero-order valence-corrected chi connectivity index (χ0v) is 22.1. The predicted octanol–water partition coefficient (Wildman–Crippen LogP) is 7.71. The van der Waals surface area contributed by atoms with Gasteiger partial charge in [-0.05, 0) is 74.7 Å². The lowest BCUT2D eigenvalue weighted by molar-refractivity contribution is 0.103. The monoisotopic (exact) mass is 502 g/mol. The van der Waals surface area contributed by atoms with Crippen LogP contribution in [-0.4, -0.2) is 41.3 Å². The third kappa shape index (κ3) is 6.35. The van der Waals surface area contributed by atoms with Gasteiger partial charge >= 0.3 is 0 Å². The molecule has 0 bridgehead atoms. The predicted molar refractivity (Wildman–Crippen MR) is 143 cm³/mol. The summed E-state index contributed by atoms with van der Waals surface area (Å²) in [6.07, 6.45) is 8.42. The van der Waals surface area contributed by atoms with Gasteiger partial charge in [0.2, 0.25) is 5.78 Å². The van der Waals surface area contributed by atoms with E-state index in [4.69, 9.17) is 27.9 Å². The maximum Gasteiger partial charge on any atom is 0.211 e. The number of unbranched alkanes of at least 4 members (excludes halogenated alkanes) is 2. The number of hydrogen-bond acceptors (Lipinski definition) is 3. The molecule has 4 nitrogen and oxygen atoms in total. The van der Waals surface area contributed by atoms with Gasteiger partial charge in [0.05, 0.1) is 17.3 Å². The first-order valence-corrected chi connectivity index (χ1v) is 13.2. The van der Waals surface area contributed by atoms with E-state index in [1.165, 1.54) is 25.7 Å². The van der Waals surface area contributed by atoms with Crippen molar-refractivity contribution in [2.24, 2.45) is 0 Å².